The lowest BCUT2D eigenvalue weighted by molar-refractivity contribution is 0.0529. The van der Waals surface area contributed by atoms with Crippen LogP contribution in [0.5, 0.6) is 5.75 Å². The summed E-state index contributed by atoms with van der Waals surface area (Å²) in [6.45, 7) is 6.68. The van der Waals surface area contributed by atoms with Gasteiger partial charge in [0.15, 0.2) is 6.29 Å². The van der Waals surface area contributed by atoms with E-state index in [-0.39, 0.29) is 6.61 Å². The number of carbonyl (C=O) groups is 2. The van der Waals surface area contributed by atoms with Crippen molar-refractivity contribution in [2.75, 3.05) is 6.61 Å². The molecule has 1 atom stereocenters. The van der Waals surface area contributed by atoms with E-state index in [9.17, 15) is 9.59 Å². The largest absolute Gasteiger partial charge is 0.488 e. The number of aldehydes is 1. The van der Waals surface area contributed by atoms with Gasteiger partial charge in [0.2, 0.25) is 0 Å². The molecule has 2 aromatic carbocycles. The summed E-state index contributed by atoms with van der Waals surface area (Å²) in [5.74, 6) is 0.461. The molecule has 0 aliphatic carbocycles. The number of fused-ring (bicyclic) bond motifs is 1. The van der Waals surface area contributed by atoms with E-state index in [2.05, 4.69) is 19.9 Å². The molecule has 5 heteroatoms. The highest BCUT2D eigenvalue weighted by atomic mass is 16.5. The second kappa shape index (κ2) is 10.4. The molecular weight excluding hydrogens is 426 g/mol. The number of nitrogens with zero attached hydrogens (tertiary/aromatic N) is 1. The van der Waals surface area contributed by atoms with Crippen LogP contribution in [0.25, 0.3) is 16.6 Å². The molecule has 1 unspecified atom stereocenters. The lowest BCUT2D eigenvalue weighted by Crippen LogP contribution is -2.07. The number of benzene rings is 2. The summed E-state index contributed by atoms with van der Waals surface area (Å²) in [6.07, 6.45) is 3.54. The monoisotopic (exact) mass is 455 g/mol. The summed E-state index contributed by atoms with van der Waals surface area (Å²) in [5, 5.41) is 0. The average Bonchev–Trinajstić information content (AvgIpc) is 3.22. The first-order valence-electron chi connectivity index (χ1n) is 11.6. The van der Waals surface area contributed by atoms with Crippen LogP contribution in [-0.4, -0.2) is 23.3 Å². The summed E-state index contributed by atoms with van der Waals surface area (Å²) in [6, 6.07) is 21.4. The smallest absolute Gasteiger partial charge is 0.340 e. The minimum Gasteiger partial charge on any atom is -0.488 e. The zero-order valence-electron chi connectivity index (χ0n) is 19.8. The van der Waals surface area contributed by atoms with E-state index in [1.165, 1.54) is 0 Å². The summed E-state index contributed by atoms with van der Waals surface area (Å²) >= 11 is 0. The summed E-state index contributed by atoms with van der Waals surface area (Å²) < 4.78 is 13.4. The van der Waals surface area contributed by atoms with Crippen molar-refractivity contribution >= 4 is 17.8 Å². The molecule has 0 saturated carbocycles. The SMILES string of the molecule is CCOC(=O)c1c(-c2cc(C(C)CC)ccc2OCc2ccccc2)c(C=O)n2ccccc12. The van der Waals surface area contributed by atoms with E-state index in [0.717, 1.165) is 23.8 Å². The molecule has 4 aromatic rings. The molecule has 2 aromatic heterocycles. The Balaban J connectivity index is 1.95. The Kier molecular flexibility index (Phi) is 7.12. The number of ether oxygens (including phenoxy) is 2. The Labute approximate surface area is 199 Å². The van der Waals surface area contributed by atoms with Gasteiger partial charge in [-0.25, -0.2) is 4.79 Å². The van der Waals surface area contributed by atoms with E-state index >= 15 is 0 Å². The molecule has 0 saturated heterocycles. The highest BCUT2D eigenvalue weighted by molar-refractivity contribution is 6.10. The molecule has 0 aliphatic rings. The highest BCUT2D eigenvalue weighted by Gasteiger charge is 2.27. The van der Waals surface area contributed by atoms with Gasteiger partial charge in [-0.2, -0.15) is 0 Å². The minimum atomic E-state index is -0.461. The summed E-state index contributed by atoms with van der Waals surface area (Å²) in [4.78, 5) is 25.5. The molecule has 0 amide bonds. The fourth-order valence-corrected chi connectivity index (χ4v) is 4.18. The standard InChI is InChI=1S/C29H29NO4/c1-4-20(3)22-14-15-26(34-19-21-11-7-6-8-12-21)23(17-22)27-25(18-31)30-16-10-9-13-24(30)28(27)29(32)33-5-2/h6-18,20H,4-5,19H2,1-3H3. The quantitative estimate of drug-likeness (QED) is 0.208. The highest BCUT2D eigenvalue weighted by Crippen LogP contribution is 2.40. The Morgan fingerprint density at radius 2 is 1.79 bits per heavy atom. The van der Waals surface area contributed by atoms with Gasteiger partial charge in [0.1, 0.15) is 12.4 Å². The van der Waals surface area contributed by atoms with Crippen LogP contribution in [-0.2, 0) is 11.3 Å². The van der Waals surface area contributed by atoms with Gasteiger partial charge in [-0.3, -0.25) is 4.79 Å². The van der Waals surface area contributed by atoms with Gasteiger partial charge in [-0.15, -0.1) is 0 Å². The number of rotatable bonds is 9. The molecule has 174 valence electrons. The van der Waals surface area contributed by atoms with Crippen LogP contribution in [0, 0.1) is 0 Å². The molecule has 4 rings (SSSR count). The Hall–Kier alpha value is -3.86. The number of carbonyl (C=O) groups excluding carboxylic acids is 2. The predicted molar refractivity (Wildman–Crippen MR) is 134 cm³/mol. The topological polar surface area (TPSA) is 57.0 Å². The van der Waals surface area contributed by atoms with E-state index in [0.29, 0.717) is 46.2 Å². The van der Waals surface area contributed by atoms with Gasteiger partial charge in [0, 0.05) is 17.3 Å². The van der Waals surface area contributed by atoms with E-state index in [4.69, 9.17) is 9.47 Å². The van der Waals surface area contributed by atoms with Gasteiger partial charge in [-0.05, 0) is 54.7 Å². The van der Waals surface area contributed by atoms with Crippen LogP contribution in [0.1, 0.15) is 65.1 Å². The first kappa shape index (κ1) is 23.3. The van der Waals surface area contributed by atoms with Crippen LogP contribution in [0.4, 0.5) is 0 Å². The minimum absolute atomic E-state index is 0.239. The third-order valence-corrected chi connectivity index (χ3v) is 6.16. The van der Waals surface area contributed by atoms with E-state index < -0.39 is 5.97 Å². The first-order valence-corrected chi connectivity index (χ1v) is 11.6. The molecule has 0 radical (unpaired) electrons. The number of pyridine rings is 1. The zero-order chi connectivity index (χ0) is 24.1. The van der Waals surface area contributed by atoms with Crippen LogP contribution in [0.15, 0.2) is 72.9 Å². The first-order chi connectivity index (χ1) is 16.6. The molecule has 0 fully saturated rings. The maximum Gasteiger partial charge on any atom is 0.340 e. The summed E-state index contributed by atoms with van der Waals surface area (Å²) in [5.41, 5.74) is 4.78. The number of esters is 1. The van der Waals surface area contributed by atoms with Crippen molar-refractivity contribution in [3.8, 4) is 16.9 Å². The third kappa shape index (κ3) is 4.46. The molecule has 2 heterocycles. The Bertz CT molecular complexity index is 1310. The lowest BCUT2D eigenvalue weighted by Gasteiger charge is -2.17. The van der Waals surface area contributed by atoms with Gasteiger partial charge in [0.05, 0.1) is 23.4 Å². The zero-order valence-corrected chi connectivity index (χ0v) is 19.8. The van der Waals surface area contributed by atoms with Gasteiger partial charge in [-0.1, -0.05) is 56.3 Å². The normalized spacial score (nSPS) is 11.9. The van der Waals surface area contributed by atoms with Crippen LogP contribution in [0.2, 0.25) is 0 Å². The molecule has 0 bridgehead atoms. The van der Waals surface area contributed by atoms with Crippen molar-refractivity contribution in [1.82, 2.24) is 4.40 Å². The Morgan fingerprint density at radius 1 is 1.03 bits per heavy atom. The maximum atomic E-state index is 13.2. The molecular formula is C29H29NO4. The predicted octanol–water partition coefficient (Wildman–Crippen LogP) is 6.69. The van der Waals surface area contributed by atoms with Crippen molar-refractivity contribution in [3.05, 3.63) is 95.3 Å². The number of aromatic nitrogens is 1. The van der Waals surface area contributed by atoms with Crippen molar-refractivity contribution in [2.24, 2.45) is 0 Å². The third-order valence-electron chi connectivity index (χ3n) is 6.16. The Morgan fingerprint density at radius 3 is 2.50 bits per heavy atom. The van der Waals surface area contributed by atoms with Crippen molar-refractivity contribution in [3.63, 3.8) is 0 Å². The molecule has 0 aliphatic heterocycles. The van der Waals surface area contributed by atoms with Crippen LogP contribution >= 0.6 is 0 Å². The van der Waals surface area contributed by atoms with Gasteiger partial charge < -0.3 is 13.9 Å². The van der Waals surface area contributed by atoms with E-state index in [1.807, 2.05) is 60.7 Å². The van der Waals surface area contributed by atoms with Gasteiger partial charge >= 0.3 is 5.97 Å². The number of hydrogen-bond acceptors (Lipinski definition) is 4. The maximum absolute atomic E-state index is 13.2. The van der Waals surface area contributed by atoms with E-state index in [1.54, 1.807) is 17.5 Å². The lowest BCUT2D eigenvalue weighted by atomic mass is 9.92. The van der Waals surface area contributed by atoms with Crippen molar-refractivity contribution in [2.45, 2.75) is 39.7 Å². The van der Waals surface area contributed by atoms with Crippen molar-refractivity contribution < 1.29 is 19.1 Å². The average molecular weight is 456 g/mol. The van der Waals surface area contributed by atoms with Crippen LogP contribution in [0.3, 0.4) is 0 Å². The fraction of sp³-hybridized carbons (Fsp3) is 0.241. The molecule has 34 heavy (non-hydrogen) atoms. The van der Waals surface area contributed by atoms with Crippen molar-refractivity contribution in [1.29, 1.82) is 0 Å². The van der Waals surface area contributed by atoms with Crippen LogP contribution < -0.4 is 4.74 Å². The summed E-state index contributed by atoms with van der Waals surface area (Å²) in [7, 11) is 0. The molecule has 0 N–H and O–H groups in total. The second-order valence-electron chi connectivity index (χ2n) is 8.27. The second-order valence-corrected chi connectivity index (χ2v) is 8.27. The number of hydrogen-bond donors (Lipinski definition) is 0. The molecule has 5 nitrogen and oxygen atoms in total. The fourth-order valence-electron chi connectivity index (χ4n) is 4.18. The molecule has 0 spiro atoms. The van der Waals surface area contributed by atoms with Gasteiger partial charge in [0.25, 0.3) is 0 Å².